The Hall–Kier alpha value is -0.940. The van der Waals surface area contributed by atoms with Crippen molar-refractivity contribution in [2.24, 2.45) is 5.73 Å². The van der Waals surface area contributed by atoms with Gasteiger partial charge in [-0.1, -0.05) is 0 Å². The van der Waals surface area contributed by atoms with Crippen molar-refractivity contribution < 1.29 is 4.74 Å². The Balaban J connectivity index is 2.79. The highest BCUT2D eigenvalue weighted by Gasteiger charge is 2.24. The number of aromatic amines is 1. The highest BCUT2D eigenvalue weighted by molar-refractivity contribution is 4.99. The van der Waals surface area contributed by atoms with E-state index in [-0.39, 0.29) is 0 Å². The van der Waals surface area contributed by atoms with Gasteiger partial charge in [-0.25, -0.2) is 4.98 Å². The Morgan fingerprint density at radius 2 is 2.23 bits per heavy atom. The first-order valence-corrected chi connectivity index (χ1v) is 4.27. The van der Waals surface area contributed by atoms with Gasteiger partial charge < -0.3 is 10.5 Å². The maximum Gasteiger partial charge on any atom is 0.181 e. The molecular weight excluding hydrogens is 168 g/mol. The van der Waals surface area contributed by atoms with Crippen molar-refractivity contribution in [3.8, 4) is 0 Å². The van der Waals surface area contributed by atoms with Gasteiger partial charge in [-0.15, -0.1) is 0 Å². The predicted octanol–water partition coefficient (Wildman–Crippen LogP) is 0.187. The summed E-state index contributed by atoms with van der Waals surface area (Å²) < 4.78 is 5.24. The fraction of sp³-hybridized carbons (Fsp3) is 0.750. The van der Waals surface area contributed by atoms with Crippen LogP contribution >= 0.6 is 0 Å². The molecule has 5 nitrogen and oxygen atoms in total. The lowest BCUT2D eigenvalue weighted by Gasteiger charge is -2.18. The van der Waals surface area contributed by atoms with Gasteiger partial charge in [0.05, 0.1) is 0 Å². The smallest absolute Gasteiger partial charge is 0.181 e. The monoisotopic (exact) mass is 184 g/mol. The predicted molar refractivity (Wildman–Crippen MR) is 49.2 cm³/mol. The highest BCUT2D eigenvalue weighted by Crippen LogP contribution is 2.19. The number of hydrogen-bond donors (Lipinski definition) is 2. The van der Waals surface area contributed by atoms with Crippen LogP contribution in [0, 0.1) is 0 Å². The molecular formula is C8H16N4O. The van der Waals surface area contributed by atoms with Gasteiger partial charge in [0, 0.05) is 13.5 Å². The molecule has 1 rings (SSSR count). The summed E-state index contributed by atoms with van der Waals surface area (Å²) in [6, 6.07) is 0. The topological polar surface area (TPSA) is 76.8 Å². The van der Waals surface area contributed by atoms with E-state index < -0.39 is 5.60 Å². The largest absolute Gasteiger partial charge is 0.371 e. The standard InChI is InChI=1S/C8H16N4O/c1-8(2,13-3)7-10-6(4-5-9)11-12-7/h4-5,9H2,1-3H3,(H,10,11,12). The van der Waals surface area contributed by atoms with Crippen LogP contribution in [0.15, 0.2) is 0 Å². The minimum Gasteiger partial charge on any atom is -0.371 e. The van der Waals surface area contributed by atoms with E-state index in [4.69, 9.17) is 10.5 Å². The fourth-order valence-corrected chi connectivity index (χ4v) is 0.904. The molecule has 13 heavy (non-hydrogen) atoms. The molecule has 0 aliphatic carbocycles. The summed E-state index contributed by atoms with van der Waals surface area (Å²) in [4.78, 5) is 4.27. The summed E-state index contributed by atoms with van der Waals surface area (Å²) in [5, 5.41) is 6.89. The van der Waals surface area contributed by atoms with E-state index in [0.29, 0.717) is 18.8 Å². The summed E-state index contributed by atoms with van der Waals surface area (Å²) in [5.41, 5.74) is 4.95. The van der Waals surface area contributed by atoms with Gasteiger partial charge in [0.2, 0.25) is 0 Å². The Kier molecular flexibility index (Phi) is 3.00. The second-order valence-corrected chi connectivity index (χ2v) is 3.36. The Morgan fingerprint density at radius 3 is 2.77 bits per heavy atom. The maximum absolute atomic E-state index is 5.39. The summed E-state index contributed by atoms with van der Waals surface area (Å²) in [7, 11) is 1.64. The number of hydrogen-bond acceptors (Lipinski definition) is 4. The Bertz CT molecular complexity index is 269. The van der Waals surface area contributed by atoms with Crippen LogP contribution in [0.1, 0.15) is 25.5 Å². The quantitative estimate of drug-likeness (QED) is 0.700. The van der Waals surface area contributed by atoms with Crippen LogP contribution in [-0.2, 0) is 16.8 Å². The number of H-pyrrole nitrogens is 1. The van der Waals surface area contributed by atoms with Gasteiger partial charge in [-0.2, -0.15) is 5.10 Å². The molecule has 0 bridgehead atoms. The molecule has 0 radical (unpaired) electrons. The number of methoxy groups -OCH3 is 1. The Labute approximate surface area is 77.7 Å². The lowest BCUT2D eigenvalue weighted by molar-refractivity contribution is 0.0117. The van der Waals surface area contributed by atoms with Crippen LogP contribution in [0.2, 0.25) is 0 Å². The molecule has 0 saturated carbocycles. The van der Waals surface area contributed by atoms with Gasteiger partial charge in [0.1, 0.15) is 11.4 Å². The molecule has 1 heterocycles. The van der Waals surface area contributed by atoms with Crippen LogP contribution in [0.3, 0.4) is 0 Å². The van der Waals surface area contributed by atoms with Crippen molar-refractivity contribution in [3.05, 3.63) is 11.6 Å². The molecule has 5 heteroatoms. The average Bonchev–Trinajstić information content (AvgIpc) is 2.54. The van der Waals surface area contributed by atoms with E-state index in [1.807, 2.05) is 13.8 Å². The van der Waals surface area contributed by atoms with E-state index in [1.54, 1.807) is 7.11 Å². The third-order valence-corrected chi connectivity index (χ3v) is 1.96. The molecule has 0 amide bonds. The molecule has 3 N–H and O–H groups in total. The molecule has 0 spiro atoms. The summed E-state index contributed by atoms with van der Waals surface area (Å²) in [6.07, 6.45) is 0.715. The highest BCUT2D eigenvalue weighted by atomic mass is 16.5. The lowest BCUT2D eigenvalue weighted by atomic mass is 10.1. The number of nitrogens with one attached hydrogen (secondary N) is 1. The first kappa shape index (κ1) is 10.1. The number of aromatic nitrogens is 3. The number of rotatable bonds is 4. The van der Waals surface area contributed by atoms with Crippen molar-refractivity contribution in [1.29, 1.82) is 0 Å². The van der Waals surface area contributed by atoms with Gasteiger partial charge >= 0.3 is 0 Å². The molecule has 1 aromatic heterocycles. The zero-order valence-electron chi connectivity index (χ0n) is 8.29. The van der Waals surface area contributed by atoms with E-state index >= 15 is 0 Å². The molecule has 74 valence electrons. The van der Waals surface area contributed by atoms with Crippen molar-refractivity contribution in [1.82, 2.24) is 15.2 Å². The van der Waals surface area contributed by atoms with E-state index in [9.17, 15) is 0 Å². The fourth-order valence-electron chi connectivity index (χ4n) is 0.904. The van der Waals surface area contributed by atoms with E-state index in [2.05, 4.69) is 15.2 Å². The minimum absolute atomic E-state index is 0.441. The Morgan fingerprint density at radius 1 is 1.54 bits per heavy atom. The zero-order valence-corrected chi connectivity index (χ0v) is 8.29. The SMILES string of the molecule is COC(C)(C)c1n[nH]c(CCN)n1. The van der Waals surface area contributed by atoms with Crippen molar-refractivity contribution in [3.63, 3.8) is 0 Å². The van der Waals surface area contributed by atoms with Gasteiger partial charge in [0.25, 0.3) is 0 Å². The molecule has 0 saturated heterocycles. The summed E-state index contributed by atoms with van der Waals surface area (Å²) in [5.74, 6) is 1.47. The van der Waals surface area contributed by atoms with Gasteiger partial charge in [-0.05, 0) is 20.4 Å². The molecule has 0 fully saturated rings. The first-order chi connectivity index (χ1) is 6.10. The van der Waals surface area contributed by atoms with Crippen LogP contribution in [0.4, 0.5) is 0 Å². The third-order valence-electron chi connectivity index (χ3n) is 1.96. The molecule has 1 aromatic rings. The molecule has 0 aliphatic heterocycles. The van der Waals surface area contributed by atoms with Gasteiger partial charge in [0.15, 0.2) is 5.82 Å². The lowest BCUT2D eigenvalue weighted by Crippen LogP contribution is -2.21. The molecule has 0 aromatic carbocycles. The van der Waals surface area contributed by atoms with Crippen molar-refractivity contribution in [2.75, 3.05) is 13.7 Å². The average molecular weight is 184 g/mol. The third kappa shape index (κ3) is 2.26. The van der Waals surface area contributed by atoms with E-state index in [1.165, 1.54) is 0 Å². The van der Waals surface area contributed by atoms with Crippen molar-refractivity contribution in [2.45, 2.75) is 25.9 Å². The normalized spacial score (nSPS) is 12.0. The number of nitrogens with two attached hydrogens (primary N) is 1. The second-order valence-electron chi connectivity index (χ2n) is 3.36. The number of ether oxygens (including phenoxy) is 1. The first-order valence-electron chi connectivity index (χ1n) is 4.27. The molecule has 0 unspecified atom stereocenters. The van der Waals surface area contributed by atoms with E-state index in [0.717, 1.165) is 5.82 Å². The second kappa shape index (κ2) is 3.85. The molecule has 0 aliphatic rings. The van der Waals surface area contributed by atoms with Crippen molar-refractivity contribution >= 4 is 0 Å². The zero-order chi connectivity index (χ0) is 9.90. The summed E-state index contributed by atoms with van der Waals surface area (Å²) >= 11 is 0. The summed E-state index contributed by atoms with van der Waals surface area (Å²) in [6.45, 7) is 4.41. The maximum atomic E-state index is 5.39. The van der Waals surface area contributed by atoms with Crippen LogP contribution in [0.25, 0.3) is 0 Å². The minimum atomic E-state index is -0.441. The van der Waals surface area contributed by atoms with Crippen LogP contribution in [-0.4, -0.2) is 28.8 Å². The van der Waals surface area contributed by atoms with Gasteiger partial charge in [-0.3, -0.25) is 5.10 Å². The van der Waals surface area contributed by atoms with Crippen LogP contribution in [0.5, 0.6) is 0 Å². The molecule has 0 atom stereocenters. The van der Waals surface area contributed by atoms with Crippen LogP contribution < -0.4 is 5.73 Å². The number of nitrogens with zero attached hydrogens (tertiary/aromatic N) is 2.